The van der Waals surface area contributed by atoms with Crippen LogP contribution in [0, 0.1) is 5.92 Å². The summed E-state index contributed by atoms with van der Waals surface area (Å²) in [5.74, 6) is 3.35. The summed E-state index contributed by atoms with van der Waals surface area (Å²) in [4.78, 5) is 6.47. The second kappa shape index (κ2) is 5.29. The number of hydrogen-bond acceptors (Lipinski definition) is 4. The van der Waals surface area contributed by atoms with Gasteiger partial charge in [0.1, 0.15) is 5.01 Å². The Hall–Kier alpha value is -0.0600. The van der Waals surface area contributed by atoms with Gasteiger partial charge in [0.05, 0.1) is 11.7 Å². The highest BCUT2D eigenvalue weighted by Crippen LogP contribution is 2.34. The summed E-state index contributed by atoms with van der Waals surface area (Å²) in [5, 5.41) is 4.94. The van der Waals surface area contributed by atoms with Crippen LogP contribution >= 0.6 is 23.1 Å². The molecule has 1 aliphatic heterocycles. The van der Waals surface area contributed by atoms with Crippen molar-refractivity contribution in [1.29, 1.82) is 0 Å². The quantitative estimate of drug-likeness (QED) is 0.892. The Kier molecular flexibility index (Phi) is 3.73. The topological polar surface area (TPSA) is 24.9 Å². The van der Waals surface area contributed by atoms with E-state index in [2.05, 4.69) is 24.0 Å². The molecule has 2 heterocycles. The molecule has 17 heavy (non-hydrogen) atoms. The molecule has 1 aromatic heterocycles. The number of nitrogens with zero attached hydrogens (tertiary/aromatic N) is 1. The summed E-state index contributed by atoms with van der Waals surface area (Å²) < 4.78 is 0. The summed E-state index contributed by atoms with van der Waals surface area (Å²) in [6.07, 6.45) is 5.16. The lowest BCUT2D eigenvalue weighted by Crippen LogP contribution is -2.30. The lowest BCUT2D eigenvalue weighted by molar-refractivity contribution is 0.445. The van der Waals surface area contributed by atoms with Crippen molar-refractivity contribution in [3.8, 4) is 0 Å². The van der Waals surface area contributed by atoms with E-state index in [1.165, 1.54) is 47.9 Å². The first-order valence-corrected chi connectivity index (χ1v) is 8.63. The summed E-state index contributed by atoms with van der Waals surface area (Å²) >= 11 is 4.03. The van der Waals surface area contributed by atoms with E-state index in [4.69, 9.17) is 4.98 Å². The zero-order valence-corrected chi connectivity index (χ0v) is 12.0. The third-order valence-corrected chi connectivity index (χ3v) is 6.15. The Morgan fingerprint density at radius 3 is 3.18 bits per heavy atom. The Morgan fingerprint density at radius 1 is 1.47 bits per heavy atom. The second-order valence-corrected chi connectivity index (χ2v) is 7.29. The fourth-order valence-electron chi connectivity index (χ4n) is 2.68. The average molecular weight is 268 g/mol. The van der Waals surface area contributed by atoms with E-state index in [1.54, 1.807) is 4.88 Å². The Morgan fingerprint density at radius 2 is 2.41 bits per heavy atom. The summed E-state index contributed by atoms with van der Waals surface area (Å²) in [5.41, 5.74) is 1.41. The largest absolute Gasteiger partial charge is 0.306 e. The van der Waals surface area contributed by atoms with Gasteiger partial charge < -0.3 is 5.32 Å². The molecular weight excluding hydrogens is 248 g/mol. The molecule has 1 N–H and O–H groups in total. The number of fused-ring (bicyclic) bond motifs is 1. The van der Waals surface area contributed by atoms with Crippen LogP contribution in [0.4, 0.5) is 0 Å². The lowest BCUT2D eigenvalue weighted by Gasteiger charge is -2.20. The molecule has 0 radical (unpaired) electrons. The first kappa shape index (κ1) is 12.0. The highest BCUT2D eigenvalue weighted by molar-refractivity contribution is 7.99. The molecule has 1 saturated heterocycles. The summed E-state index contributed by atoms with van der Waals surface area (Å²) in [7, 11) is 0. The van der Waals surface area contributed by atoms with Crippen LogP contribution in [0.25, 0.3) is 0 Å². The predicted octanol–water partition coefficient (Wildman–Crippen LogP) is 3.04. The van der Waals surface area contributed by atoms with Gasteiger partial charge in [-0.15, -0.1) is 11.3 Å². The molecule has 0 amide bonds. The normalized spacial score (nSPS) is 29.0. The molecule has 1 aliphatic carbocycles. The highest BCUT2D eigenvalue weighted by Gasteiger charge is 2.25. The number of thioether (sulfide) groups is 1. The molecule has 0 aromatic carbocycles. The maximum absolute atomic E-state index is 4.89. The van der Waals surface area contributed by atoms with E-state index in [0.717, 1.165) is 12.5 Å². The fourth-order valence-corrected chi connectivity index (χ4v) is 5.03. The van der Waals surface area contributed by atoms with Crippen molar-refractivity contribution in [1.82, 2.24) is 10.3 Å². The summed E-state index contributed by atoms with van der Waals surface area (Å²) in [6, 6.07) is 0.518. The van der Waals surface area contributed by atoms with Crippen LogP contribution in [0.1, 0.15) is 41.4 Å². The average Bonchev–Trinajstić information content (AvgIpc) is 2.82. The van der Waals surface area contributed by atoms with Crippen molar-refractivity contribution in [3.63, 3.8) is 0 Å². The van der Waals surface area contributed by atoms with Gasteiger partial charge in [-0.1, -0.05) is 13.3 Å². The summed E-state index contributed by atoms with van der Waals surface area (Å²) in [6.45, 7) is 3.45. The molecule has 2 aliphatic rings. The van der Waals surface area contributed by atoms with Gasteiger partial charge in [-0.2, -0.15) is 11.8 Å². The van der Waals surface area contributed by atoms with Crippen molar-refractivity contribution < 1.29 is 0 Å². The van der Waals surface area contributed by atoms with Gasteiger partial charge in [-0.05, 0) is 25.2 Å². The first-order valence-electron chi connectivity index (χ1n) is 6.66. The first-order chi connectivity index (χ1) is 8.36. The van der Waals surface area contributed by atoms with Gasteiger partial charge in [0.15, 0.2) is 0 Å². The van der Waals surface area contributed by atoms with Crippen LogP contribution < -0.4 is 5.32 Å². The maximum atomic E-state index is 4.89. The molecule has 4 heteroatoms. The van der Waals surface area contributed by atoms with Crippen LogP contribution in [0.5, 0.6) is 0 Å². The number of aromatic nitrogens is 1. The Bertz CT molecular complexity index is 383. The number of nitrogens with one attached hydrogen (secondary N) is 1. The number of thiazole rings is 1. The van der Waals surface area contributed by atoms with Gasteiger partial charge in [-0.25, -0.2) is 4.98 Å². The Balaban J connectivity index is 1.77. The van der Waals surface area contributed by atoms with E-state index in [0.29, 0.717) is 6.04 Å². The van der Waals surface area contributed by atoms with E-state index < -0.39 is 0 Å². The minimum atomic E-state index is 0.518. The van der Waals surface area contributed by atoms with Gasteiger partial charge >= 0.3 is 0 Å². The van der Waals surface area contributed by atoms with Crippen LogP contribution in [0.2, 0.25) is 0 Å². The van der Waals surface area contributed by atoms with Crippen molar-refractivity contribution >= 4 is 23.1 Å². The van der Waals surface area contributed by atoms with Crippen molar-refractivity contribution in [2.45, 2.75) is 38.6 Å². The van der Waals surface area contributed by atoms with E-state index >= 15 is 0 Å². The molecule has 1 aromatic rings. The fraction of sp³-hybridized carbons (Fsp3) is 0.769. The Labute approximate surface area is 112 Å². The van der Waals surface area contributed by atoms with Crippen LogP contribution in [-0.2, 0) is 12.8 Å². The number of hydrogen-bond donors (Lipinski definition) is 1. The molecule has 3 rings (SSSR count). The SMILES string of the molecule is CCC1CCc2nc(C3CSCCN3)sc2C1. The molecule has 2 atom stereocenters. The highest BCUT2D eigenvalue weighted by atomic mass is 32.2. The third kappa shape index (κ3) is 2.54. The van der Waals surface area contributed by atoms with Crippen LogP contribution in [0.15, 0.2) is 0 Å². The van der Waals surface area contributed by atoms with E-state index in [1.807, 2.05) is 11.3 Å². The molecule has 0 spiro atoms. The van der Waals surface area contributed by atoms with Gasteiger partial charge in [0.25, 0.3) is 0 Å². The zero-order valence-electron chi connectivity index (χ0n) is 10.4. The third-order valence-electron chi connectivity index (χ3n) is 3.86. The van der Waals surface area contributed by atoms with Gasteiger partial charge in [0.2, 0.25) is 0 Å². The van der Waals surface area contributed by atoms with Crippen molar-refractivity contribution in [2.24, 2.45) is 5.92 Å². The molecular formula is C13H20N2S2. The van der Waals surface area contributed by atoms with Crippen LogP contribution in [0.3, 0.4) is 0 Å². The van der Waals surface area contributed by atoms with Crippen molar-refractivity contribution in [3.05, 3.63) is 15.6 Å². The van der Waals surface area contributed by atoms with Crippen molar-refractivity contribution in [2.75, 3.05) is 18.1 Å². The number of aryl methyl sites for hydroxylation is 1. The molecule has 94 valence electrons. The van der Waals surface area contributed by atoms with E-state index in [-0.39, 0.29) is 0 Å². The molecule has 2 unspecified atom stereocenters. The number of rotatable bonds is 2. The minimum absolute atomic E-state index is 0.518. The standard InChI is InChI=1S/C13H20N2S2/c1-2-9-3-4-10-12(7-9)17-13(15-10)11-8-16-6-5-14-11/h9,11,14H,2-8H2,1H3. The molecule has 0 saturated carbocycles. The predicted molar refractivity (Wildman–Crippen MR) is 76.0 cm³/mol. The van der Waals surface area contributed by atoms with Crippen LogP contribution in [-0.4, -0.2) is 23.0 Å². The second-order valence-electron chi connectivity index (χ2n) is 5.02. The van der Waals surface area contributed by atoms with E-state index in [9.17, 15) is 0 Å². The van der Waals surface area contributed by atoms with Gasteiger partial charge in [0, 0.05) is 22.9 Å². The molecule has 2 nitrogen and oxygen atoms in total. The monoisotopic (exact) mass is 268 g/mol. The molecule has 1 fully saturated rings. The molecule has 0 bridgehead atoms. The smallest absolute Gasteiger partial charge is 0.111 e. The lowest BCUT2D eigenvalue weighted by atomic mass is 9.89. The minimum Gasteiger partial charge on any atom is -0.306 e. The van der Waals surface area contributed by atoms with Gasteiger partial charge in [-0.3, -0.25) is 0 Å². The maximum Gasteiger partial charge on any atom is 0.111 e. The zero-order chi connectivity index (χ0) is 11.7.